The Morgan fingerprint density at radius 2 is 1.46 bits per heavy atom. The number of hydrogen-bond donors (Lipinski definition) is 0. The molecule has 0 saturated carbocycles. The highest BCUT2D eigenvalue weighted by Crippen LogP contribution is 2.17. The monoisotopic (exact) mass is 321 g/mol. The number of esters is 1. The average Bonchev–Trinajstić information content (AvgIpc) is 2.63. The SMILES string of the molecule is COC(=O)C1C(=O)C=CN=C1C.c1ccc(-c2ccccc2)cc1. The largest absolute Gasteiger partial charge is 0.468 e. The highest BCUT2D eigenvalue weighted by molar-refractivity contribution is 6.22. The topological polar surface area (TPSA) is 55.7 Å². The van der Waals surface area contributed by atoms with E-state index in [9.17, 15) is 9.59 Å². The Kier molecular flexibility index (Phi) is 6.20. The zero-order chi connectivity index (χ0) is 17.4. The lowest BCUT2D eigenvalue weighted by molar-refractivity contribution is -0.145. The van der Waals surface area contributed by atoms with Gasteiger partial charge in [-0.25, -0.2) is 0 Å². The van der Waals surface area contributed by atoms with Crippen LogP contribution in [0.3, 0.4) is 0 Å². The first-order valence-corrected chi connectivity index (χ1v) is 7.56. The standard InChI is InChI=1S/C12H10.C8H9NO3/c1-3-7-11(8-4-1)12-9-5-2-6-10-12;1-5-7(8(11)12-2)6(10)3-4-9-5/h1-10H;3-4,7H,1-2H3. The molecule has 0 radical (unpaired) electrons. The molecule has 122 valence electrons. The van der Waals surface area contributed by atoms with Gasteiger partial charge in [0, 0.05) is 18.0 Å². The van der Waals surface area contributed by atoms with Crippen LogP contribution in [0.1, 0.15) is 6.92 Å². The molecule has 0 spiro atoms. The van der Waals surface area contributed by atoms with Gasteiger partial charge in [0.15, 0.2) is 11.7 Å². The molecule has 3 rings (SSSR count). The Morgan fingerprint density at radius 1 is 0.958 bits per heavy atom. The summed E-state index contributed by atoms with van der Waals surface area (Å²) in [5.41, 5.74) is 3.03. The summed E-state index contributed by atoms with van der Waals surface area (Å²) < 4.78 is 4.46. The Balaban J connectivity index is 0.000000174. The second-order valence-corrected chi connectivity index (χ2v) is 5.18. The van der Waals surface area contributed by atoms with Crippen LogP contribution in [0.4, 0.5) is 0 Å². The van der Waals surface area contributed by atoms with Crippen molar-refractivity contribution in [3.8, 4) is 11.1 Å². The molecule has 1 heterocycles. The molecule has 24 heavy (non-hydrogen) atoms. The van der Waals surface area contributed by atoms with Crippen LogP contribution < -0.4 is 0 Å². The lowest BCUT2D eigenvalue weighted by Gasteiger charge is -2.12. The Hall–Kier alpha value is -3.01. The number of benzene rings is 2. The maximum atomic E-state index is 11.1. The summed E-state index contributed by atoms with van der Waals surface area (Å²) in [4.78, 5) is 26.0. The molecular formula is C20H19NO3. The van der Waals surface area contributed by atoms with E-state index in [0.717, 1.165) is 0 Å². The Bertz CT molecular complexity index is 711. The van der Waals surface area contributed by atoms with Crippen LogP contribution in [0, 0.1) is 5.92 Å². The maximum absolute atomic E-state index is 11.1. The van der Waals surface area contributed by atoms with E-state index >= 15 is 0 Å². The summed E-state index contributed by atoms with van der Waals surface area (Å²) in [5.74, 6) is -1.65. The van der Waals surface area contributed by atoms with Crippen molar-refractivity contribution in [2.24, 2.45) is 10.9 Å². The van der Waals surface area contributed by atoms with Crippen molar-refractivity contribution < 1.29 is 14.3 Å². The Morgan fingerprint density at radius 3 is 1.88 bits per heavy atom. The number of hydrogen-bond acceptors (Lipinski definition) is 4. The molecule has 0 amide bonds. The minimum atomic E-state index is -0.833. The normalized spacial score (nSPS) is 15.8. The van der Waals surface area contributed by atoms with Gasteiger partial charge in [0.1, 0.15) is 0 Å². The molecule has 2 aromatic rings. The van der Waals surface area contributed by atoms with Crippen molar-refractivity contribution in [2.45, 2.75) is 6.92 Å². The van der Waals surface area contributed by atoms with E-state index in [4.69, 9.17) is 0 Å². The molecule has 0 aliphatic carbocycles. The van der Waals surface area contributed by atoms with Gasteiger partial charge in [-0.15, -0.1) is 0 Å². The highest BCUT2D eigenvalue weighted by Gasteiger charge is 2.29. The van der Waals surface area contributed by atoms with E-state index in [-0.39, 0.29) is 5.78 Å². The summed E-state index contributed by atoms with van der Waals surface area (Å²) in [5, 5.41) is 0. The smallest absolute Gasteiger partial charge is 0.322 e. The van der Waals surface area contributed by atoms with Crippen molar-refractivity contribution in [3.63, 3.8) is 0 Å². The first-order valence-electron chi connectivity index (χ1n) is 7.56. The second-order valence-electron chi connectivity index (χ2n) is 5.18. The highest BCUT2D eigenvalue weighted by atomic mass is 16.5. The fourth-order valence-electron chi connectivity index (χ4n) is 2.27. The first-order chi connectivity index (χ1) is 11.6. The van der Waals surface area contributed by atoms with Gasteiger partial charge in [-0.1, -0.05) is 60.7 Å². The third-order valence-corrected chi connectivity index (χ3v) is 3.54. The fraction of sp³-hybridized carbons (Fsp3) is 0.150. The quantitative estimate of drug-likeness (QED) is 0.626. The average molecular weight is 321 g/mol. The molecule has 2 aromatic carbocycles. The molecule has 0 bridgehead atoms. The molecule has 1 atom stereocenters. The van der Waals surface area contributed by atoms with Crippen LogP contribution >= 0.6 is 0 Å². The molecule has 0 fully saturated rings. The number of ether oxygens (including phenoxy) is 1. The molecule has 0 N–H and O–H groups in total. The van der Waals surface area contributed by atoms with Crippen LogP contribution in [0.5, 0.6) is 0 Å². The van der Waals surface area contributed by atoms with Gasteiger partial charge < -0.3 is 4.74 Å². The molecular weight excluding hydrogens is 302 g/mol. The number of aliphatic imine (C=N–C) groups is 1. The van der Waals surface area contributed by atoms with Crippen molar-refractivity contribution in [2.75, 3.05) is 7.11 Å². The number of ketones is 1. The van der Waals surface area contributed by atoms with E-state index < -0.39 is 11.9 Å². The van der Waals surface area contributed by atoms with Crippen molar-refractivity contribution in [1.82, 2.24) is 0 Å². The first kappa shape index (κ1) is 17.3. The van der Waals surface area contributed by atoms with Gasteiger partial charge in [-0.3, -0.25) is 14.6 Å². The third kappa shape index (κ3) is 4.49. The van der Waals surface area contributed by atoms with Gasteiger partial charge in [0.05, 0.1) is 7.11 Å². The zero-order valence-corrected chi connectivity index (χ0v) is 13.7. The number of allylic oxidation sites excluding steroid dienone is 1. The summed E-state index contributed by atoms with van der Waals surface area (Å²) in [6, 6.07) is 20.8. The minimum Gasteiger partial charge on any atom is -0.468 e. The molecule has 4 nitrogen and oxygen atoms in total. The summed E-state index contributed by atoms with van der Waals surface area (Å²) in [7, 11) is 1.25. The van der Waals surface area contributed by atoms with Crippen LogP contribution in [-0.4, -0.2) is 24.6 Å². The predicted molar refractivity (Wildman–Crippen MR) is 94.6 cm³/mol. The summed E-state index contributed by atoms with van der Waals surface area (Å²) in [6.07, 6.45) is 2.66. The fourth-order valence-corrected chi connectivity index (χ4v) is 2.27. The molecule has 0 saturated heterocycles. The minimum absolute atomic E-state index is 0.269. The van der Waals surface area contributed by atoms with E-state index in [1.165, 1.54) is 30.5 Å². The van der Waals surface area contributed by atoms with Gasteiger partial charge >= 0.3 is 5.97 Å². The second kappa shape index (κ2) is 8.58. The van der Waals surface area contributed by atoms with Gasteiger partial charge in [-0.2, -0.15) is 0 Å². The van der Waals surface area contributed by atoms with E-state index in [0.29, 0.717) is 5.71 Å². The van der Waals surface area contributed by atoms with Crippen molar-refractivity contribution >= 4 is 17.5 Å². The number of carbonyl (C=O) groups excluding carboxylic acids is 2. The third-order valence-electron chi connectivity index (χ3n) is 3.54. The molecule has 1 aliphatic heterocycles. The zero-order valence-electron chi connectivity index (χ0n) is 13.7. The summed E-state index contributed by atoms with van der Waals surface area (Å²) in [6.45, 7) is 1.63. The lowest BCUT2D eigenvalue weighted by atomic mass is 9.97. The molecule has 0 aromatic heterocycles. The van der Waals surface area contributed by atoms with Crippen LogP contribution in [0.25, 0.3) is 11.1 Å². The number of carbonyl (C=O) groups is 2. The lowest BCUT2D eigenvalue weighted by Crippen LogP contribution is -2.31. The molecule has 1 aliphatic rings. The summed E-state index contributed by atoms with van der Waals surface area (Å²) >= 11 is 0. The number of nitrogens with zero attached hydrogens (tertiary/aromatic N) is 1. The maximum Gasteiger partial charge on any atom is 0.322 e. The molecule has 4 heteroatoms. The predicted octanol–water partition coefficient (Wildman–Crippen LogP) is 3.69. The van der Waals surface area contributed by atoms with Crippen molar-refractivity contribution in [3.05, 3.63) is 72.9 Å². The Labute approximate surface area is 141 Å². The van der Waals surface area contributed by atoms with Crippen LogP contribution in [0.2, 0.25) is 0 Å². The van der Waals surface area contributed by atoms with Gasteiger partial charge in [0.25, 0.3) is 0 Å². The number of methoxy groups -OCH3 is 1. The van der Waals surface area contributed by atoms with Crippen LogP contribution in [0.15, 0.2) is 77.9 Å². The van der Waals surface area contributed by atoms with Gasteiger partial charge in [0.2, 0.25) is 0 Å². The van der Waals surface area contributed by atoms with Crippen molar-refractivity contribution in [1.29, 1.82) is 0 Å². The number of rotatable bonds is 2. The van der Waals surface area contributed by atoms with E-state index in [2.05, 4.69) is 58.3 Å². The van der Waals surface area contributed by atoms with Gasteiger partial charge in [-0.05, 0) is 18.1 Å². The molecule has 1 unspecified atom stereocenters. The van der Waals surface area contributed by atoms with Crippen LogP contribution in [-0.2, 0) is 14.3 Å². The van der Waals surface area contributed by atoms with E-state index in [1.54, 1.807) is 6.92 Å². The van der Waals surface area contributed by atoms with E-state index in [1.807, 2.05) is 12.1 Å².